The molecule has 2 rings (SSSR count). The highest BCUT2D eigenvalue weighted by Crippen LogP contribution is 2.31. The van der Waals surface area contributed by atoms with Gasteiger partial charge in [-0.15, -0.1) is 0 Å². The first-order valence-corrected chi connectivity index (χ1v) is 8.87. The van der Waals surface area contributed by atoms with E-state index in [1.807, 2.05) is 0 Å². The summed E-state index contributed by atoms with van der Waals surface area (Å²) in [6.45, 7) is 0.534. The smallest absolute Gasteiger partial charge is 0.167 e. The van der Waals surface area contributed by atoms with Gasteiger partial charge in [-0.25, -0.2) is 12.8 Å². The molecule has 3 atom stereocenters. The van der Waals surface area contributed by atoms with E-state index in [2.05, 4.69) is 5.32 Å². The predicted octanol–water partition coefficient (Wildman–Crippen LogP) is 1.12. The van der Waals surface area contributed by atoms with E-state index in [4.69, 9.17) is 16.3 Å². The van der Waals surface area contributed by atoms with Crippen LogP contribution in [0.4, 0.5) is 4.39 Å². The fourth-order valence-electron chi connectivity index (χ4n) is 2.40. The molecule has 21 heavy (non-hydrogen) atoms. The van der Waals surface area contributed by atoms with Crippen molar-refractivity contribution in [2.24, 2.45) is 5.92 Å². The minimum atomic E-state index is -3.24. The Bertz CT molecular complexity index is 610. The fraction of sp³-hybridized carbons (Fsp3) is 0.538. The van der Waals surface area contributed by atoms with E-state index in [-0.39, 0.29) is 17.3 Å². The number of hydrogen-bond acceptors (Lipinski definition) is 5. The Kier molecular flexibility index (Phi) is 5.21. The highest BCUT2D eigenvalue weighted by molar-refractivity contribution is 7.90. The van der Waals surface area contributed by atoms with Crippen LogP contribution < -0.4 is 5.32 Å². The van der Waals surface area contributed by atoms with Crippen LogP contribution in [-0.4, -0.2) is 44.9 Å². The van der Waals surface area contributed by atoms with Gasteiger partial charge in [0, 0.05) is 25.3 Å². The number of aliphatic hydroxyl groups excluding tert-OH is 1. The molecule has 1 aromatic rings. The standard InChI is InChI=1S/C13H17ClFNO4S/c1-21(18,19)7-9-5-16-6-12(17)20-13(9)8-2-3-10(14)11(15)4-8/h2-4,9,12-13,16-17H,5-7H2,1H3. The average molecular weight is 338 g/mol. The summed E-state index contributed by atoms with van der Waals surface area (Å²) < 4.78 is 42.2. The van der Waals surface area contributed by atoms with Crippen molar-refractivity contribution < 1.29 is 22.7 Å². The maximum Gasteiger partial charge on any atom is 0.167 e. The molecule has 1 aromatic carbocycles. The zero-order valence-electron chi connectivity index (χ0n) is 11.4. The van der Waals surface area contributed by atoms with Gasteiger partial charge in [0.2, 0.25) is 0 Å². The van der Waals surface area contributed by atoms with Gasteiger partial charge in [-0.2, -0.15) is 0 Å². The Morgan fingerprint density at radius 3 is 2.81 bits per heavy atom. The summed E-state index contributed by atoms with van der Waals surface area (Å²) >= 11 is 5.65. The van der Waals surface area contributed by atoms with Gasteiger partial charge in [0.1, 0.15) is 15.7 Å². The highest BCUT2D eigenvalue weighted by Gasteiger charge is 2.32. The Morgan fingerprint density at radius 1 is 1.48 bits per heavy atom. The molecule has 1 saturated heterocycles. The number of nitrogens with one attached hydrogen (secondary N) is 1. The third-order valence-corrected chi connectivity index (χ3v) is 4.59. The Labute approximate surface area is 128 Å². The predicted molar refractivity (Wildman–Crippen MR) is 77.3 cm³/mol. The number of β-amino-alcohol motifs (C(OH)–C–C–N with tert-alkyl or cyclic N) is 1. The van der Waals surface area contributed by atoms with Crippen LogP contribution in [0.1, 0.15) is 11.7 Å². The number of hydrogen-bond donors (Lipinski definition) is 2. The lowest BCUT2D eigenvalue weighted by molar-refractivity contribution is -0.136. The molecule has 8 heteroatoms. The molecule has 0 saturated carbocycles. The van der Waals surface area contributed by atoms with Gasteiger partial charge in [-0.1, -0.05) is 17.7 Å². The lowest BCUT2D eigenvalue weighted by Crippen LogP contribution is -2.30. The molecule has 1 aliphatic rings. The van der Waals surface area contributed by atoms with Gasteiger partial charge < -0.3 is 15.2 Å². The number of aliphatic hydroxyl groups is 1. The number of rotatable bonds is 3. The van der Waals surface area contributed by atoms with E-state index < -0.39 is 34.0 Å². The van der Waals surface area contributed by atoms with Crippen molar-refractivity contribution in [3.63, 3.8) is 0 Å². The van der Waals surface area contributed by atoms with Gasteiger partial charge in [-0.3, -0.25) is 0 Å². The lowest BCUT2D eigenvalue weighted by Gasteiger charge is -2.25. The summed E-state index contributed by atoms with van der Waals surface area (Å²) in [5, 5.41) is 12.6. The van der Waals surface area contributed by atoms with Crippen LogP contribution in [-0.2, 0) is 14.6 Å². The summed E-state index contributed by atoms with van der Waals surface area (Å²) in [5.74, 6) is -1.16. The molecule has 0 bridgehead atoms. The first-order chi connectivity index (χ1) is 9.76. The SMILES string of the molecule is CS(=O)(=O)CC1CNCC(O)OC1c1ccc(Cl)c(F)c1. The molecule has 1 fully saturated rings. The molecule has 2 N–H and O–H groups in total. The summed E-state index contributed by atoms with van der Waals surface area (Å²) in [4.78, 5) is 0. The Morgan fingerprint density at radius 2 is 2.19 bits per heavy atom. The second kappa shape index (κ2) is 6.58. The molecular formula is C13H17ClFNO4S. The second-order valence-corrected chi connectivity index (χ2v) is 7.79. The molecular weight excluding hydrogens is 321 g/mol. The Balaban J connectivity index is 2.34. The fourth-order valence-corrected chi connectivity index (χ4v) is 3.59. The molecule has 3 unspecified atom stereocenters. The van der Waals surface area contributed by atoms with Crippen LogP contribution in [0.25, 0.3) is 0 Å². The van der Waals surface area contributed by atoms with Gasteiger partial charge in [0.05, 0.1) is 16.9 Å². The summed E-state index contributed by atoms with van der Waals surface area (Å²) in [7, 11) is -3.24. The van der Waals surface area contributed by atoms with Crippen LogP contribution in [0.5, 0.6) is 0 Å². The maximum absolute atomic E-state index is 13.6. The molecule has 0 spiro atoms. The van der Waals surface area contributed by atoms with E-state index in [1.165, 1.54) is 12.1 Å². The molecule has 0 amide bonds. The van der Waals surface area contributed by atoms with Gasteiger partial charge in [-0.05, 0) is 17.7 Å². The first-order valence-electron chi connectivity index (χ1n) is 6.43. The number of sulfone groups is 1. The van der Waals surface area contributed by atoms with Gasteiger partial charge in [0.25, 0.3) is 0 Å². The quantitative estimate of drug-likeness (QED) is 0.864. The largest absolute Gasteiger partial charge is 0.367 e. The maximum atomic E-state index is 13.6. The van der Waals surface area contributed by atoms with Gasteiger partial charge >= 0.3 is 0 Å². The van der Waals surface area contributed by atoms with Crippen LogP contribution in [0, 0.1) is 11.7 Å². The average Bonchev–Trinajstić information content (AvgIpc) is 2.53. The third kappa shape index (κ3) is 4.62. The second-order valence-electron chi connectivity index (χ2n) is 5.20. The molecule has 0 radical (unpaired) electrons. The number of ether oxygens (including phenoxy) is 1. The molecule has 5 nitrogen and oxygen atoms in total. The van der Waals surface area contributed by atoms with Crippen molar-refractivity contribution in [1.29, 1.82) is 0 Å². The molecule has 118 valence electrons. The molecule has 1 aliphatic heterocycles. The van der Waals surface area contributed by atoms with E-state index in [0.717, 1.165) is 6.26 Å². The van der Waals surface area contributed by atoms with Crippen molar-refractivity contribution in [3.8, 4) is 0 Å². The third-order valence-electron chi connectivity index (χ3n) is 3.25. The van der Waals surface area contributed by atoms with Crippen LogP contribution in [0.15, 0.2) is 18.2 Å². The van der Waals surface area contributed by atoms with E-state index >= 15 is 0 Å². The van der Waals surface area contributed by atoms with E-state index in [1.54, 1.807) is 6.07 Å². The topological polar surface area (TPSA) is 75.6 Å². The van der Waals surface area contributed by atoms with E-state index in [9.17, 15) is 17.9 Å². The molecule has 1 heterocycles. The number of halogens is 2. The van der Waals surface area contributed by atoms with Gasteiger partial charge in [0.15, 0.2) is 6.29 Å². The van der Waals surface area contributed by atoms with Crippen molar-refractivity contribution in [2.45, 2.75) is 12.4 Å². The zero-order valence-corrected chi connectivity index (χ0v) is 13.0. The monoisotopic (exact) mass is 337 g/mol. The lowest BCUT2D eigenvalue weighted by atomic mass is 9.97. The Hall–Kier alpha value is -0.730. The van der Waals surface area contributed by atoms with Crippen LogP contribution >= 0.6 is 11.6 Å². The van der Waals surface area contributed by atoms with Crippen LogP contribution in [0.2, 0.25) is 5.02 Å². The van der Waals surface area contributed by atoms with E-state index in [0.29, 0.717) is 12.1 Å². The summed E-state index contributed by atoms with van der Waals surface area (Å²) in [6, 6.07) is 4.17. The zero-order chi connectivity index (χ0) is 15.6. The van der Waals surface area contributed by atoms with Crippen molar-refractivity contribution >= 4 is 21.4 Å². The normalized spacial score (nSPS) is 27.3. The summed E-state index contributed by atoms with van der Waals surface area (Å²) in [6.07, 6.45) is -0.678. The number of benzene rings is 1. The molecule has 0 aromatic heterocycles. The van der Waals surface area contributed by atoms with Crippen molar-refractivity contribution in [3.05, 3.63) is 34.6 Å². The van der Waals surface area contributed by atoms with Crippen molar-refractivity contribution in [1.82, 2.24) is 5.32 Å². The highest BCUT2D eigenvalue weighted by atomic mass is 35.5. The minimum absolute atomic E-state index is 0.0225. The summed E-state index contributed by atoms with van der Waals surface area (Å²) in [5.41, 5.74) is 0.452. The minimum Gasteiger partial charge on any atom is -0.367 e. The van der Waals surface area contributed by atoms with Crippen LogP contribution in [0.3, 0.4) is 0 Å². The molecule has 0 aliphatic carbocycles. The first kappa shape index (κ1) is 16.6. The van der Waals surface area contributed by atoms with Crippen molar-refractivity contribution in [2.75, 3.05) is 25.1 Å².